The average molecular weight is 327 g/mol. The average Bonchev–Trinajstić information content (AvgIpc) is 3.22. The van der Waals surface area contributed by atoms with Crippen LogP contribution in [0.5, 0.6) is 0 Å². The van der Waals surface area contributed by atoms with Gasteiger partial charge in [0.05, 0.1) is 6.20 Å². The van der Waals surface area contributed by atoms with Crippen molar-refractivity contribution in [1.29, 1.82) is 0 Å². The molecule has 1 unspecified atom stereocenters. The van der Waals surface area contributed by atoms with Gasteiger partial charge in [0.2, 0.25) is 5.89 Å². The lowest BCUT2D eigenvalue weighted by atomic mass is 9.98. The number of hydrogen-bond donors (Lipinski definition) is 1. The predicted molar refractivity (Wildman–Crippen MR) is 88.0 cm³/mol. The summed E-state index contributed by atoms with van der Waals surface area (Å²) < 4.78 is 5.41. The maximum Gasteiger partial charge on any atom is 0.325 e. The van der Waals surface area contributed by atoms with Gasteiger partial charge in [-0.25, -0.2) is 14.7 Å². The number of urea groups is 1. The summed E-state index contributed by atoms with van der Waals surface area (Å²) in [5.41, 5.74) is 1.01. The SMILES string of the molecule is CC[C@H](C)[C@@H]1NC(=O)N(C(Cc2ccccc2)c2ncco2)C1=O. The first-order valence-corrected chi connectivity index (χ1v) is 8.18. The molecule has 6 heteroatoms. The third-order valence-corrected chi connectivity index (χ3v) is 4.53. The first-order chi connectivity index (χ1) is 11.6. The number of rotatable bonds is 6. The molecule has 1 aliphatic heterocycles. The first kappa shape index (κ1) is 16.2. The molecule has 1 aromatic heterocycles. The second-order valence-electron chi connectivity index (χ2n) is 6.10. The lowest BCUT2D eigenvalue weighted by molar-refractivity contribution is -0.130. The minimum atomic E-state index is -0.552. The van der Waals surface area contributed by atoms with Crippen molar-refractivity contribution >= 4 is 11.9 Å². The lowest BCUT2D eigenvalue weighted by Crippen LogP contribution is -2.38. The highest BCUT2D eigenvalue weighted by molar-refractivity contribution is 6.04. The van der Waals surface area contributed by atoms with Gasteiger partial charge in [-0.05, 0) is 11.5 Å². The van der Waals surface area contributed by atoms with Crippen molar-refractivity contribution in [3.63, 3.8) is 0 Å². The molecule has 3 amide bonds. The van der Waals surface area contributed by atoms with Gasteiger partial charge >= 0.3 is 6.03 Å². The largest absolute Gasteiger partial charge is 0.447 e. The second-order valence-corrected chi connectivity index (χ2v) is 6.10. The number of amides is 3. The number of hydrogen-bond acceptors (Lipinski definition) is 4. The summed E-state index contributed by atoms with van der Waals surface area (Å²) in [6.45, 7) is 3.96. The van der Waals surface area contributed by atoms with Gasteiger partial charge < -0.3 is 9.73 Å². The minimum absolute atomic E-state index is 0.0772. The Hall–Kier alpha value is -2.63. The number of oxazole rings is 1. The van der Waals surface area contributed by atoms with E-state index in [0.717, 1.165) is 12.0 Å². The third kappa shape index (κ3) is 3.04. The Morgan fingerprint density at radius 1 is 1.29 bits per heavy atom. The van der Waals surface area contributed by atoms with Gasteiger partial charge in [0, 0.05) is 6.42 Å². The van der Waals surface area contributed by atoms with Crippen LogP contribution in [0.2, 0.25) is 0 Å². The molecular formula is C18H21N3O3. The Bertz CT molecular complexity index is 700. The van der Waals surface area contributed by atoms with E-state index in [4.69, 9.17) is 4.42 Å². The van der Waals surface area contributed by atoms with Crippen molar-refractivity contribution in [3.8, 4) is 0 Å². The number of aromatic nitrogens is 1. The fourth-order valence-electron chi connectivity index (χ4n) is 2.96. The Labute approximate surface area is 140 Å². The molecule has 1 aliphatic rings. The van der Waals surface area contributed by atoms with E-state index >= 15 is 0 Å². The van der Waals surface area contributed by atoms with E-state index in [9.17, 15) is 9.59 Å². The summed E-state index contributed by atoms with van der Waals surface area (Å²) >= 11 is 0. The van der Waals surface area contributed by atoms with Gasteiger partial charge in [0.15, 0.2) is 0 Å². The van der Waals surface area contributed by atoms with Gasteiger partial charge in [-0.2, -0.15) is 0 Å². The highest BCUT2D eigenvalue weighted by Crippen LogP contribution is 2.29. The number of benzene rings is 1. The topological polar surface area (TPSA) is 75.4 Å². The number of carbonyl (C=O) groups excluding carboxylic acids is 2. The molecule has 0 aliphatic carbocycles. The molecule has 2 aromatic rings. The molecular weight excluding hydrogens is 306 g/mol. The van der Waals surface area contributed by atoms with Crippen LogP contribution in [0, 0.1) is 5.92 Å². The van der Waals surface area contributed by atoms with Crippen molar-refractivity contribution in [3.05, 3.63) is 54.2 Å². The van der Waals surface area contributed by atoms with E-state index in [1.807, 2.05) is 44.2 Å². The highest BCUT2D eigenvalue weighted by atomic mass is 16.3. The summed E-state index contributed by atoms with van der Waals surface area (Å²) in [5, 5.41) is 2.80. The molecule has 3 atom stereocenters. The van der Waals surface area contributed by atoms with Gasteiger partial charge in [0.1, 0.15) is 18.3 Å². The summed E-state index contributed by atoms with van der Waals surface area (Å²) in [6.07, 6.45) is 4.26. The van der Waals surface area contributed by atoms with E-state index < -0.39 is 12.1 Å². The van der Waals surface area contributed by atoms with Crippen molar-refractivity contribution < 1.29 is 14.0 Å². The van der Waals surface area contributed by atoms with Gasteiger partial charge in [0.25, 0.3) is 5.91 Å². The zero-order valence-corrected chi connectivity index (χ0v) is 13.8. The number of nitrogens with zero attached hydrogens (tertiary/aromatic N) is 2. The van der Waals surface area contributed by atoms with E-state index in [2.05, 4.69) is 10.3 Å². The Kier molecular flexibility index (Phi) is 4.64. The van der Waals surface area contributed by atoms with E-state index in [1.165, 1.54) is 17.4 Å². The summed E-state index contributed by atoms with van der Waals surface area (Å²) in [4.78, 5) is 30.7. The standard InChI is InChI=1S/C18H21N3O3/c1-3-12(2)15-17(22)21(18(23)20-15)14(16-19-9-10-24-16)11-13-7-5-4-6-8-13/h4-10,12,14-15H,3,11H2,1-2H3,(H,20,23)/t12-,14?,15-/m0/s1. The van der Waals surface area contributed by atoms with Crippen LogP contribution in [0.3, 0.4) is 0 Å². The van der Waals surface area contributed by atoms with Crippen LogP contribution in [0.1, 0.15) is 37.8 Å². The number of imide groups is 1. The fraction of sp³-hybridized carbons (Fsp3) is 0.389. The van der Waals surface area contributed by atoms with Crippen LogP contribution in [0.4, 0.5) is 4.79 Å². The maximum absolute atomic E-state index is 12.8. The quantitative estimate of drug-likeness (QED) is 0.828. The van der Waals surface area contributed by atoms with Crippen molar-refractivity contribution in [2.75, 3.05) is 0 Å². The first-order valence-electron chi connectivity index (χ1n) is 8.18. The summed E-state index contributed by atoms with van der Waals surface area (Å²) in [5.74, 6) is 0.231. The lowest BCUT2D eigenvalue weighted by Gasteiger charge is -2.23. The summed E-state index contributed by atoms with van der Waals surface area (Å²) in [6, 6.07) is 8.27. The molecule has 1 aromatic carbocycles. The van der Waals surface area contributed by atoms with Crippen LogP contribution >= 0.6 is 0 Å². The molecule has 0 radical (unpaired) electrons. The molecule has 3 rings (SSSR count). The molecule has 1 saturated heterocycles. The van der Waals surface area contributed by atoms with Gasteiger partial charge in [-0.3, -0.25) is 4.79 Å². The Balaban J connectivity index is 1.91. The monoisotopic (exact) mass is 327 g/mol. The molecule has 126 valence electrons. The van der Waals surface area contributed by atoms with Crippen LogP contribution in [-0.2, 0) is 11.2 Å². The molecule has 0 bridgehead atoms. The predicted octanol–water partition coefficient (Wildman–Crippen LogP) is 2.92. The molecule has 1 N–H and O–H groups in total. The molecule has 1 fully saturated rings. The van der Waals surface area contributed by atoms with Crippen molar-refractivity contribution in [1.82, 2.24) is 15.2 Å². The van der Waals surface area contributed by atoms with E-state index in [0.29, 0.717) is 12.3 Å². The number of nitrogens with one attached hydrogen (secondary N) is 1. The highest BCUT2D eigenvalue weighted by Gasteiger charge is 2.45. The summed E-state index contributed by atoms with van der Waals surface area (Å²) in [7, 11) is 0. The van der Waals surface area contributed by atoms with Crippen molar-refractivity contribution in [2.45, 2.75) is 38.8 Å². The van der Waals surface area contributed by atoms with Gasteiger partial charge in [-0.15, -0.1) is 0 Å². The van der Waals surface area contributed by atoms with Crippen LogP contribution < -0.4 is 5.32 Å². The molecule has 2 heterocycles. The van der Waals surface area contributed by atoms with E-state index in [-0.39, 0.29) is 17.9 Å². The van der Waals surface area contributed by atoms with Crippen molar-refractivity contribution in [2.24, 2.45) is 5.92 Å². The Morgan fingerprint density at radius 3 is 2.67 bits per heavy atom. The van der Waals surface area contributed by atoms with E-state index in [1.54, 1.807) is 0 Å². The molecule has 6 nitrogen and oxygen atoms in total. The fourth-order valence-corrected chi connectivity index (χ4v) is 2.96. The normalized spacial score (nSPS) is 20.1. The third-order valence-electron chi connectivity index (χ3n) is 4.53. The molecule has 0 spiro atoms. The van der Waals surface area contributed by atoms with Crippen LogP contribution in [0.25, 0.3) is 0 Å². The number of carbonyl (C=O) groups is 2. The Morgan fingerprint density at radius 2 is 2.04 bits per heavy atom. The van der Waals surface area contributed by atoms with Crippen LogP contribution in [-0.4, -0.2) is 27.9 Å². The second kappa shape index (κ2) is 6.86. The van der Waals surface area contributed by atoms with Crippen LogP contribution in [0.15, 0.2) is 47.2 Å². The zero-order valence-electron chi connectivity index (χ0n) is 13.8. The molecule has 0 saturated carbocycles. The minimum Gasteiger partial charge on any atom is -0.447 e. The maximum atomic E-state index is 12.8. The molecule has 24 heavy (non-hydrogen) atoms. The van der Waals surface area contributed by atoms with Gasteiger partial charge in [-0.1, -0.05) is 50.6 Å². The zero-order chi connectivity index (χ0) is 17.1. The smallest absolute Gasteiger partial charge is 0.325 e.